The molecular formula is C14H12BrF3N2. The maximum Gasteiger partial charge on any atom is 0.416 e. The molecule has 0 N–H and O–H groups in total. The predicted octanol–water partition coefficient (Wildman–Crippen LogP) is 4.71. The Hall–Kier alpha value is -1.56. The number of benzene rings is 1. The first-order chi connectivity index (χ1) is 9.47. The normalized spacial score (nSPS) is 12.8. The van der Waals surface area contributed by atoms with E-state index in [1.54, 1.807) is 17.4 Å². The zero-order valence-corrected chi connectivity index (χ0v) is 12.2. The van der Waals surface area contributed by atoms with Gasteiger partial charge in [0.25, 0.3) is 0 Å². The van der Waals surface area contributed by atoms with Crippen molar-refractivity contribution in [2.45, 2.75) is 19.5 Å². The zero-order chi connectivity index (χ0) is 14.8. The van der Waals surface area contributed by atoms with Crippen LogP contribution >= 0.6 is 15.9 Å². The minimum absolute atomic E-state index is 0.656. The third kappa shape index (κ3) is 2.95. The molecule has 0 saturated carbocycles. The number of hydrogen-bond acceptors (Lipinski definition) is 1. The van der Waals surface area contributed by atoms with E-state index in [2.05, 4.69) is 20.9 Å². The largest absolute Gasteiger partial charge is 0.416 e. The number of nitrogens with zero attached hydrogens (tertiary/aromatic N) is 2. The van der Waals surface area contributed by atoms with Gasteiger partial charge < -0.3 is 4.57 Å². The zero-order valence-electron chi connectivity index (χ0n) is 10.7. The fourth-order valence-corrected chi connectivity index (χ4v) is 2.38. The van der Waals surface area contributed by atoms with Crippen molar-refractivity contribution < 1.29 is 13.2 Å². The topological polar surface area (TPSA) is 17.8 Å². The maximum atomic E-state index is 12.6. The molecule has 0 radical (unpaired) electrons. The van der Waals surface area contributed by atoms with Gasteiger partial charge in [-0.1, -0.05) is 35.0 Å². The molecule has 0 aliphatic carbocycles. The van der Waals surface area contributed by atoms with Crippen molar-refractivity contribution in [1.29, 1.82) is 0 Å². The highest BCUT2D eigenvalue weighted by molar-refractivity contribution is 9.11. The summed E-state index contributed by atoms with van der Waals surface area (Å²) in [6, 6.07) is 5.06. The number of aromatic nitrogens is 2. The Balaban J connectivity index is 2.39. The second-order valence-electron chi connectivity index (χ2n) is 4.14. The summed E-state index contributed by atoms with van der Waals surface area (Å²) in [6.45, 7) is 1.97. The van der Waals surface area contributed by atoms with Crippen molar-refractivity contribution in [3.63, 3.8) is 0 Å². The van der Waals surface area contributed by atoms with Gasteiger partial charge in [0, 0.05) is 23.8 Å². The van der Waals surface area contributed by atoms with Crippen molar-refractivity contribution in [1.82, 2.24) is 9.55 Å². The molecule has 0 fully saturated rings. The molecule has 0 atom stereocenters. The summed E-state index contributed by atoms with van der Waals surface area (Å²) in [7, 11) is 0. The Labute approximate surface area is 123 Å². The van der Waals surface area contributed by atoms with E-state index in [9.17, 15) is 13.2 Å². The summed E-state index contributed by atoms with van der Waals surface area (Å²) in [4.78, 5) is 5.88. The van der Waals surface area contributed by atoms with E-state index in [-0.39, 0.29) is 0 Å². The van der Waals surface area contributed by atoms with Gasteiger partial charge in [-0.25, -0.2) is 4.98 Å². The summed E-state index contributed by atoms with van der Waals surface area (Å²) in [6.07, 6.45) is -0.138. The molecule has 0 unspecified atom stereocenters. The van der Waals surface area contributed by atoms with E-state index in [0.717, 1.165) is 30.1 Å². The first-order valence-electron chi connectivity index (χ1n) is 5.98. The molecule has 0 saturated heterocycles. The molecule has 0 amide bonds. The predicted molar refractivity (Wildman–Crippen MR) is 75.4 cm³/mol. The Morgan fingerprint density at radius 3 is 2.45 bits per heavy atom. The van der Waals surface area contributed by atoms with Crippen molar-refractivity contribution in [2.24, 2.45) is 0 Å². The molecule has 1 heterocycles. The summed E-state index contributed by atoms with van der Waals surface area (Å²) >= 11 is 3.26. The SMILES string of the molecule is CCc1nccn1/C(=C\Br)c1ccc(C(F)(F)F)cc1. The first kappa shape index (κ1) is 14.8. The first-order valence-corrected chi connectivity index (χ1v) is 6.89. The van der Waals surface area contributed by atoms with Crippen molar-refractivity contribution in [2.75, 3.05) is 0 Å². The molecule has 0 spiro atoms. The van der Waals surface area contributed by atoms with Crippen LogP contribution in [-0.2, 0) is 12.6 Å². The van der Waals surface area contributed by atoms with Gasteiger partial charge in [0.2, 0.25) is 0 Å². The fraction of sp³-hybridized carbons (Fsp3) is 0.214. The fourth-order valence-electron chi connectivity index (χ4n) is 1.90. The molecule has 0 aliphatic rings. The van der Waals surface area contributed by atoms with Gasteiger partial charge in [-0.05, 0) is 17.7 Å². The highest BCUT2D eigenvalue weighted by Gasteiger charge is 2.30. The van der Waals surface area contributed by atoms with Crippen LogP contribution in [0.25, 0.3) is 5.70 Å². The molecule has 1 aromatic carbocycles. The quantitative estimate of drug-likeness (QED) is 0.788. The lowest BCUT2D eigenvalue weighted by Crippen LogP contribution is -2.06. The Morgan fingerprint density at radius 2 is 1.95 bits per heavy atom. The highest BCUT2D eigenvalue weighted by Crippen LogP contribution is 2.30. The smallest absolute Gasteiger partial charge is 0.303 e. The molecule has 0 bridgehead atoms. The lowest BCUT2D eigenvalue weighted by atomic mass is 10.1. The van der Waals surface area contributed by atoms with E-state index in [1.165, 1.54) is 12.1 Å². The van der Waals surface area contributed by atoms with Crippen LogP contribution in [0.15, 0.2) is 41.6 Å². The highest BCUT2D eigenvalue weighted by atomic mass is 79.9. The Kier molecular flexibility index (Phi) is 4.32. The Morgan fingerprint density at radius 1 is 1.30 bits per heavy atom. The van der Waals surface area contributed by atoms with Gasteiger partial charge >= 0.3 is 6.18 Å². The molecule has 106 valence electrons. The van der Waals surface area contributed by atoms with Crippen molar-refractivity contribution in [3.05, 3.63) is 58.6 Å². The summed E-state index contributed by atoms with van der Waals surface area (Å²) in [5.74, 6) is 0.843. The number of halogens is 4. The van der Waals surface area contributed by atoms with E-state index in [1.807, 2.05) is 11.5 Å². The molecule has 20 heavy (non-hydrogen) atoms. The van der Waals surface area contributed by atoms with Gasteiger partial charge in [0.15, 0.2) is 0 Å². The van der Waals surface area contributed by atoms with Gasteiger partial charge in [0.1, 0.15) is 5.82 Å². The van der Waals surface area contributed by atoms with Gasteiger partial charge in [-0.15, -0.1) is 0 Å². The summed E-state index contributed by atoms with van der Waals surface area (Å²) < 4.78 is 39.5. The van der Waals surface area contributed by atoms with Crippen molar-refractivity contribution in [3.8, 4) is 0 Å². The number of imidazole rings is 1. The van der Waals surface area contributed by atoms with E-state index < -0.39 is 11.7 Å². The molecule has 2 nitrogen and oxygen atoms in total. The number of alkyl halides is 3. The molecular weight excluding hydrogens is 333 g/mol. The third-order valence-corrected chi connectivity index (χ3v) is 3.34. The van der Waals surface area contributed by atoms with Crippen LogP contribution in [0.4, 0.5) is 13.2 Å². The average molecular weight is 345 g/mol. The molecule has 1 aromatic heterocycles. The minimum atomic E-state index is -4.32. The number of aryl methyl sites for hydroxylation is 1. The van der Waals surface area contributed by atoms with Gasteiger partial charge in [-0.2, -0.15) is 13.2 Å². The standard InChI is InChI=1S/C14H12BrF3N2/c1-2-13-19-7-8-20(13)12(9-15)10-3-5-11(6-4-10)14(16,17)18/h3-9H,2H2,1H3/b12-9-. The minimum Gasteiger partial charge on any atom is -0.303 e. The second kappa shape index (κ2) is 5.83. The molecule has 0 aliphatic heterocycles. The maximum absolute atomic E-state index is 12.6. The van der Waals surface area contributed by atoms with Crippen LogP contribution in [-0.4, -0.2) is 9.55 Å². The summed E-state index contributed by atoms with van der Waals surface area (Å²) in [5, 5.41) is 0. The number of rotatable bonds is 3. The van der Waals surface area contributed by atoms with Crippen LogP contribution in [0.5, 0.6) is 0 Å². The van der Waals surface area contributed by atoms with E-state index in [4.69, 9.17) is 0 Å². The van der Waals surface area contributed by atoms with Crippen molar-refractivity contribution >= 4 is 21.6 Å². The van der Waals surface area contributed by atoms with E-state index in [0.29, 0.717) is 5.56 Å². The van der Waals surface area contributed by atoms with Crippen LogP contribution in [0, 0.1) is 0 Å². The van der Waals surface area contributed by atoms with E-state index >= 15 is 0 Å². The third-order valence-electron chi connectivity index (χ3n) is 2.90. The Bertz CT molecular complexity index is 612. The van der Waals surface area contributed by atoms with Crippen LogP contribution in [0.2, 0.25) is 0 Å². The van der Waals surface area contributed by atoms with Crippen LogP contribution < -0.4 is 0 Å². The number of hydrogen-bond donors (Lipinski definition) is 0. The molecule has 2 aromatic rings. The second-order valence-corrected chi connectivity index (χ2v) is 4.59. The molecule has 2 rings (SSSR count). The van der Waals surface area contributed by atoms with Gasteiger partial charge in [-0.3, -0.25) is 0 Å². The summed E-state index contributed by atoms with van der Waals surface area (Å²) in [5.41, 5.74) is 0.771. The lowest BCUT2D eigenvalue weighted by Gasteiger charge is -2.12. The lowest BCUT2D eigenvalue weighted by molar-refractivity contribution is -0.137. The van der Waals surface area contributed by atoms with Crippen LogP contribution in [0.3, 0.4) is 0 Å². The van der Waals surface area contributed by atoms with Crippen LogP contribution in [0.1, 0.15) is 23.9 Å². The monoisotopic (exact) mass is 344 g/mol. The average Bonchev–Trinajstić information content (AvgIpc) is 2.87. The van der Waals surface area contributed by atoms with Gasteiger partial charge in [0.05, 0.1) is 11.3 Å². The molecule has 6 heteroatoms.